The van der Waals surface area contributed by atoms with Crippen molar-refractivity contribution in [3.8, 4) is 17.2 Å². The summed E-state index contributed by atoms with van der Waals surface area (Å²) in [5.41, 5.74) is 2.57. The molecule has 6 nitrogen and oxygen atoms in total. The van der Waals surface area contributed by atoms with Crippen LogP contribution in [-0.4, -0.2) is 32.9 Å². The Bertz CT molecular complexity index is 791. The van der Waals surface area contributed by atoms with Gasteiger partial charge in [-0.2, -0.15) is 0 Å². The number of nitrogens with one attached hydrogen (secondary N) is 2. The summed E-state index contributed by atoms with van der Waals surface area (Å²) >= 11 is 6.12. The fourth-order valence-corrected chi connectivity index (χ4v) is 2.86. The van der Waals surface area contributed by atoms with Crippen molar-refractivity contribution in [3.63, 3.8) is 0 Å². The van der Waals surface area contributed by atoms with Gasteiger partial charge in [-0.1, -0.05) is 29.8 Å². The molecule has 2 amide bonds. The Balaban J connectivity index is 1.96. The summed E-state index contributed by atoms with van der Waals surface area (Å²) in [4.78, 5) is 12.3. The number of para-hydroxylation sites is 1. The van der Waals surface area contributed by atoms with Crippen LogP contribution in [0.1, 0.15) is 18.1 Å². The zero-order chi connectivity index (χ0) is 20.0. The highest BCUT2D eigenvalue weighted by molar-refractivity contribution is 6.32. The highest BCUT2D eigenvalue weighted by atomic mass is 35.5. The van der Waals surface area contributed by atoms with Crippen molar-refractivity contribution in [2.75, 3.05) is 26.1 Å². The van der Waals surface area contributed by atoms with E-state index in [9.17, 15) is 4.79 Å². The predicted octanol–water partition coefficient (Wildman–Crippen LogP) is 4.56. The molecular formula is C20H25ClN2O4. The second-order valence-electron chi connectivity index (χ2n) is 6.22. The molecule has 0 spiro atoms. The van der Waals surface area contributed by atoms with Crippen molar-refractivity contribution in [3.05, 3.63) is 46.5 Å². The first kappa shape index (κ1) is 20.7. The molecule has 2 N–H and O–H groups in total. The third-order valence-corrected chi connectivity index (χ3v) is 4.28. The number of methoxy groups -OCH3 is 2. The second kappa shape index (κ2) is 9.37. The van der Waals surface area contributed by atoms with E-state index in [0.29, 0.717) is 28.8 Å². The average molecular weight is 393 g/mol. The molecule has 0 bridgehead atoms. The first-order valence-corrected chi connectivity index (χ1v) is 8.91. The zero-order valence-corrected chi connectivity index (χ0v) is 16.9. The molecule has 0 saturated carbocycles. The number of benzene rings is 2. The van der Waals surface area contributed by atoms with E-state index in [0.717, 1.165) is 16.9 Å². The van der Waals surface area contributed by atoms with Gasteiger partial charge >= 0.3 is 6.03 Å². The fourth-order valence-electron chi connectivity index (χ4n) is 2.62. The molecule has 1 atom stereocenters. The average Bonchev–Trinajstić information content (AvgIpc) is 2.61. The van der Waals surface area contributed by atoms with E-state index in [1.807, 2.05) is 39.0 Å². The van der Waals surface area contributed by atoms with Gasteiger partial charge in [-0.15, -0.1) is 0 Å². The molecule has 146 valence electrons. The number of anilines is 1. The smallest absolute Gasteiger partial charge is 0.319 e. The third-order valence-electron chi connectivity index (χ3n) is 3.99. The SMILES string of the molecule is COc1cc(OC)c(NC(=O)NC(C)COc2c(C)cccc2C)cc1Cl. The van der Waals surface area contributed by atoms with Gasteiger partial charge in [0.1, 0.15) is 23.9 Å². The van der Waals surface area contributed by atoms with Crippen molar-refractivity contribution in [2.24, 2.45) is 0 Å². The standard InChI is InChI=1S/C20H25ClN2O4/c1-12-7-6-8-13(2)19(12)27-11-14(3)22-20(24)23-16-9-15(21)17(25-4)10-18(16)26-5/h6-10,14H,11H2,1-5H3,(H2,22,23,24). The van der Waals surface area contributed by atoms with Crippen LogP contribution in [0.3, 0.4) is 0 Å². The molecule has 0 aliphatic rings. The summed E-state index contributed by atoms with van der Waals surface area (Å²) < 4.78 is 16.3. The number of aryl methyl sites for hydroxylation is 2. The summed E-state index contributed by atoms with van der Waals surface area (Å²) in [5, 5.41) is 5.94. The van der Waals surface area contributed by atoms with Crippen molar-refractivity contribution >= 4 is 23.3 Å². The molecule has 0 heterocycles. The van der Waals surface area contributed by atoms with Gasteiger partial charge in [0.15, 0.2) is 0 Å². The molecule has 7 heteroatoms. The van der Waals surface area contributed by atoms with Gasteiger partial charge in [0.25, 0.3) is 0 Å². The Hall–Kier alpha value is -2.60. The van der Waals surface area contributed by atoms with Crippen molar-refractivity contribution in [1.82, 2.24) is 5.32 Å². The highest BCUT2D eigenvalue weighted by Gasteiger charge is 2.14. The molecule has 2 aromatic carbocycles. The van der Waals surface area contributed by atoms with Gasteiger partial charge < -0.3 is 24.8 Å². The molecule has 1 unspecified atom stereocenters. The van der Waals surface area contributed by atoms with Gasteiger partial charge in [0.05, 0.1) is 31.0 Å². The number of hydrogen-bond donors (Lipinski definition) is 2. The Morgan fingerprint density at radius 3 is 2.33 bits per heavy atom. The van der Waals surface area contributed by atoms with Crippen molar-refractivity contribution in [2.45, 2.75) is 26.8 Å². The molecule has 2 aromatic rings. The van der Waals surface area contributed by atoms with Crippen molar-refractivity contribution in [1.29, 1.82) is 0 Å². The first-order valence-electron chi connectivity index (χ1n) is 8.53. The minimum absolute atomic E-state index is 0.205. The van der Waals surface area contributed by atoms with E-state index >= 15 is 0 Å². The number of urea groups is 1. The summed E-state index contributed by atoms with van der Waals surface area (Å²) in [6, 6.07) is 8.58. The highest BCUT2D eigenvalue weighted by Crippen LogP contribution is 2.35. The number of carbonyl (C=O) groups is 1. The number of rotatable bonds is 7. The van der Waals surface area contributed by atoms with Gasteiger partial charge in [0, 0.05) is 6.07 Å². The lowest BCUT2D eigenvalue weighted by Crippen LogP contribution is -2.39. The maximum atomic E-state index is 12.3. The minimum atomic E-state index is -0.382. The second-order valence-corrected chi connectivity index (χ2v) is 6.63. The van der Waals surface area contributed by atoms with E-state index in [1.54, 1.807) is 12.1 Å². The monoisotopic (exact) mass is 392 g/mol. The topological polar surface area (TPSA) is 68.8 Å². The summed E-state index contributed by atoms with van der Waals surface area (Å²) in [6.07, 6.45) is 0. The third kappa shape index (κ3) is 5.44. The van der Waals surface area contributed by atoms with Crippen LogP contribution >= 0.6 is 11.6 Å². The van der Waals surface area contributed by atoms with Gasteiger partial charge in [-0.3, -0.25) is 0 Å². The molecular weight excluding hydrogens is 368 g/mol. The lowest BCUT2D eigenvalue weighted by molar-refractivity contribution is 0.236. The molecule has 27 heavy (non-hydrogen) atoms. The van der Waals surface area contributed by atoms with Crippen LogP contribution < -0.4 is 24.8 Å². The number of hydrogen-bond acceptors (Lipinski definition) is 4. The Kier molecular flexibility index (Phi) is 7.19. The molecule has 0 saturated heterocycles. The molecule has 2 rings (SSSR count). The minimum Gasteiger partial charge on any atom is -0.495 e. The zero-order valence-electron chi connectivity index (χ0n) is 16.2. The number of carbonyl (C=O) groups excluding carboxylic acids is 1. The van der Waals surface area contributed by atoms with E-state index in [4.69, 9.17) is 25.8 Å². The molecule has 0 aromatic heterocycles. The Morgan fingerprint density at radius 1 is 1.11 bits per heavy atom. The van der Waals surface area contributed by atoms with Crippen LogP contribution in [0, 0.1) is 13.8 Å². The van der Waals surface area contributed by atoms with Crippen LogP contribution in [0.2, 0.25) is 5.02 Å². The Labute approximate surface area is 164 Å². The maximum Gasteiger partial charge on any atom is 0.319 e. The van der Waals surface area contributed by atoms with Gasteiger partial charge in [0.2, 0.25) is 0 Å². The Morgan fingerprint density at radius 2 is 1.74 bits per heavy atom. The lowest BCUT2D eigenvalue weighted by atomic mass is 10.1. The van der Waals surface area contributed by atoms with Crippen LogP contribution in [0.5, 0.6) is 17.2 Å². The molecule has 0 radical (unpaired) electrons. The maximum absolute atomic E-state index is 12.3. The predicted molar refractivity (Wildman–Crippen MR) is 108 cm³/mol. The van der Waals surface area contributed by atoms with Crippen LogP contribution in [0.15, 0.2) is 30.3 Å². The number of halogens is 1. The molecule has 0 aliphatic carbocycles. The van der Waals surface area contributed by atoms with Crippen LogP contribution in [-0.2, 0) is 0 Å². The van der Waals surface area contributed by atoms with E-state index in [1.165, 1.54) is 14.2 Å². The summed E-state index contributed by atoms with van der Waals surface area (Å²) in [7, 11) is 3.02. The van der Waals surface area contributed by atoms with E-state index in [-0.39, 0.29) is 12.1 Å². The van der Waals surface area contributed by atoms with E-state index in [2.05, 4.69) is 10.6 Å². The fraction of sp³-hybridized carbons (Fsp3) is 0.350. The summed E-state index contributed by atoms with van der Waals surface area (Å²) in [5.74, 6) is 1.76. The quantitative estimate of drug-likeness (QED) is 0.724. The van der Waals surface area contributed by atoms with Gasteiger partial charge in [-0.25, -0.2) is 4.79 Å². The first-order chi connectivity index (χ1) is 12.8. The van der Waals surface area contributed by atoms with Crippen molar-refractivity contribution < 1.29 is 19.0 Å². The largest absolute Gasteiger partial charge is 0.495 e. The lowest BCUT2D eigenvalue weighted by Gasteiger charge is -2.18. The molecule has 0 aliphatic heterocycles. The van der Waals surface area contributed by atoms with Crippen LogP contribution in [0.25, 0.3) is 0 Å². The number of amides is 2. The normalized spacial score (nSPS) is 11.5. The molecule has 0 fully saturated rings. The summed E-state index contributed by atoms with van der Waals surface area (Å²) in [6.45, 7) is 6.20. The van der Waals surface area contributed by atoms with Gasteiger partial charge in [-0.05, 0) is 38.0 Å². The van der Waals surface area contributed by atoms with E-state index < -0.39 is 0 Å². The number of ether oxygens (including phenoxy) is 3. The van der Waals surface area contributed by atoms with Crippen LogP contribution in [0.4, 0.5) is 10.5 Å².